The average Bonchev–Trinajstić information content (AvgIpc) is 2.57. The number of benzene rings is 1. The summed E-state index contributed by atoms with van der Waals surface area (Å²) >= 11 is 0. The van der Waals surface area contributed by atoms with Gasteiger partial charge in [0.05, 0.1) is 5.25 Å². The first kappa shape index (κ1) is 9.48. The summed E-state index contributed by atoms with van der Waals surface area (Å²) in [4.78, 5) is 0. The van der Waals surface area contributed by atoms with Crippen LogP contribution in [0.4, 0.5) is 4.39 Å². The first-order valence-corrected chi connectivity index (χ1v) is 6.53. The molecule has 1 N–H and O–H groups in total. The van der Waals surface area contributed by atoms with E-state index in [4.69, 9.17) is 0 Å². The molecule has 15 heavy (non-hydrogen) atoms. The molecule has 2 aliphatic rings. The van der Waals surface area contributed by atoms with Crippen LogP contribution in [0.3, 0.4) is 0 Å². The Hall–Kier alpha value is -0.740. The quantitative estimate of drug-likeness (QED) is 0.717. The summed E-state index contributed by atoms with van der Waals surface area (Å²) in [7, 11) is -0.763. The molecule has 4 heteroatoms. The molecule has 80 valence electrons. The molecule has 0 spiro atoms. The second-order valence-corrected chi connectivity index (χ2v) is 5.88. The lowest BCUT2D eigenvalue weighted by molar-refractivity contribution is 0.524. The van der Waals surface area contributed by atoms with Gasteiger partial charge in [0.25, 0.3) is 0 Å². The maximum Gasteiger partial charge on any atom is 0.123 e. The molecule has 0 amide bonds. The molecule has 1 aromatic rings. The Kier molecular flexibility index (Phi) is 2.14. The maximum atomic E-state index is 13.0. The first-order chi connectivity index (χ1) is 7.25. The Bertz CT molecular complexity index is 435. The third-order valence-corrected chi connectivity index (χ3v) is 4.96. The maximum absolute atomic E-state index is 13.0. The van der Waals surface area contributed by atoms with Crippen molar-refractivity contribution >= 4 is 10.8 Å². The van der Waals surface area contributed by atoms with E-state index in [0.29, 0.717) is 0 Å². The smallest absolute Gasteiger partial charge is 0.123 e. The number of halogens is 1. The molecule has 0 bridgehead atoms. The number of nitrogens with one attached hydrogen (secondary N) is 1. The predicted molar refractivity (Wildman–Crippen MR) is 57.6 cm³/mol. The van der Waals surface area contributed by atoms with Crippen molar-refractivity contribution in [1.29, 1.82) is 0 Å². The van der Waals surface area contributed by atoms with E-state index in [1.807, 2.05) is 6.07 Å². The van der Waals surface area contributed by atoms with Gasteiger partial charge < -0.3 is 5.32 Å². The molecular weight excluding hydrogens is 213 g/mol. The van der Waals surface area contributed by atoms with Crippen LogP contribution in [0.2, 0.25) is 0 Å². The molecule has 1 fully saturated rings. The van der Waals surface area contributed by atoms with E-state index in [1.165, 1.54) is 6.07 Å². The SMILES string of the molecule is O=S1CCNC2c3ccc(F)cc3CC21. The number of rotatable bonds is 0. The lowest BCUT2D eigenvalue weighted by atomic mass is 10.1. The average molecular weight is 225 g/mol. The zero-order chi connectivity index (χ0) is 10.4. The van der Waals surface area contributed by atoms with E-state index in [-0.39, 0.29) is 17.1 Å². The fourth-order valence-electron chi connectivity index (χ4n) is 2.54. The summed E-state index contributed by atoms with van der Waals surface area (Å²) in [5.41, 5.74) is 2.15. The molecule has 1 heterocycles. The number of fused-ring (bicyclic) bond motifs is 3. The fourth-order valence-corrected chi connectivity index (χ4v) is 4.08. The van der Waals surface area contributed by atoms with Crippen molar-refractivity contribution in [3.63, 3.8) is 0 Å². The van der Waals surface area contributed by atoms with Gasteiger partial charge in [-0.05, 0) is 29.7 Å². The summed E-state index contributed by atoms with van der Waals surface area (Å²) in [5.74, 6) is 0.524. The molecule has 0 saturated carbocycles. The van der Waals surface area contributed by atoms with E-state index >= 15 is 0 Å². The van der Waals surface area contributed by atoms with Gasteiger partial charge in [0.15, 0.2) is 0 Å². The van der Waals surface area contributed by atoms with Gasteiger partial charge in [0.1, 0.15) is 5.82 Å². The molecule has 0 aromatic heterocycles. The van der Waals surface area contributed by atoms with Crippen LogP contribution in [0, 0.1) is 5.82 Å². The van der Waals surface area contributed by atoms with Gasteiger partial charge in [0, 0.05) is 29.1 Å². The van der Waals surface area contributed by atoms with Gasteiger partial charge in [-0.15, -0.1) is 0 Å². The van der Waals surface area contributed by atoms with Gasteiger partial charge in [0.2, 0.25) is 0 Å². The van der Waals surface area contributed by atoms with E-state index in [2.05, 4.69) is 5.32 Å². The highest BCUT2D eigenvalue weighted by atomic mass is 32.2. The molecular formula is C11H12FNOS. The second kappa shape index (κ2) is 3.39. The molecule has 1 saturated heterocycles. The summed E-state index contributed by atoms with van der Waals surface area (Å²) in [6, 6.07) is 5.06. The highest BCUT2D eigenvalue weighted by Gasteiger charge is 2.38. The molecule has 1 aliphatic carbocycles. The highest BCUT2D eigenvalue weighted by Crippen LogP contribution is 2.36. The number of hydrogen-bond donors (Lipinski definition) is 1. The molecule has 2 nitrogen and oxygen atoms in total. The van der Waals surface area contributed by atoms with E-state index in [9.17, 15) is 8.60 Å². The van der Waals surface area contributed by atoms with Gasteiger partial charge in [-0.2, -0.15) is 0 Å². The molecule has 1 aliphatic heterocycles. The van der Waals surface area contributed by atoms with Crippen LogP contribution in [-0.4, -0.2) is 21.8 Å². The molecule has 1 aromatic carbocycles. The normalized spacial score (nSPS) is 33.5. The van der Waals surface area contributed by atoms with Crippen molar-refractivity contribution in [2.24, 2.45) is 0 Å². The largest absolute Gasteiger partial charge is 0.308 e. The Morgan fingerprint density at radius 1 is 1.47 bits per heavy atom. The van der Waals surface area contributed by atoms with Gasteiger partial charge in [-0.3, -0.25) is 4.21 Å². The van der Waals surface area contributed by atoms with Crippen molar-refractivity contribution in [3.05, 3.63) is 35.1 Å². The Balaban J connectivity index is 2.04. The zero-order valence-electron chi connectivity index (χ0n) is 8.20. The predicted octanol–water partition coefficient (Wildman–Crippen LogP) is 1.14. The minimum atomic E-state index is -0.763. The van der Waals surface area contributed by atoms with Crippen molar-refractivity contribution in [1.82, 2.24) is 5.32 Å². The summed E-state index contributed by atoms with van der Waals surface area (Å²) in [5, 5.41) is 3.52. The Labute approximate surface area is 90.3 Å². The fraction of sp³-hybridized carbons (Fsp3) is 0.455. The van der Waals surface area contributed by atoms with Crippen LogP contribution in [0.15, 0.2) is 18.2 Å². The third-order valence-electron chi connectivity index (χ3n) is 3.24. The molecule has 3 rings (SSSR count). The summed E-state index contributed by atoms with van der Waals surface area (Å²) in [6.07, 6.45) is 0.747. The Morgan fingerprint density at radius 2 is 2.33 bits per heavy atom. The standard InChI is InChI=1S/C11H12FNOS/c12-8-1-2-9-7(5-8)6-10-11(9)13-3-4-15(10)14/h1-2,5,10-11,13H,3-4,6H2. The summed E-state index contributed by atoms with van der Waals surface area (Å²) < 4.78 is 24.8. The highest BCUT2D eigenvalue weighted by molar-refractivity contribution is 7.85. The number of hydrogen-bond acceptors (Lipinski definition) is 2. The third kappa shape index (κ3) is 1.43. The summed E-state index contributed by atoms with van der Waals surface area (Å²) in [6.45, 7) is 0.796. The van der Waals surface area contributed by atoms with E-state index in [0.717, 1.165) is 29.8 Å². The van der Waals surface area contributed by atoms with Gasteiger partial charge in [-0.1, -0.05) is 6.07 Å². The monoisotopic (exact) mass is 225 g/mol. The minimum absolute atomic E-state index is 0.149. The van der Waals surface area contributed by atoms with E-state index in [1.54, 1.807) is 6.07 Å². The Morgan fingerprint density at radius 3 is 3.20 bits per heavy atom. The lowest BCUT2D eigenvalue weighted by Crippen LogP contribution is -2.41. The van der Waals surface area contributed by atoms with Crippen LogP contribution in [0.1, 0.15) is 17.2 Å². The van der Waals surface area contributed by atoms with Gasteiger partial charge in [-0.25, -0.2) is 4.39 Å². The molecule has 3 unspecified atom stereocenters. The topological polar surface area (TPSA) is 29.1 Å². The van der Waals surface area contributed by atoms with Crippen molar-refractivity contribution in [2.75, 3.05) is 12.3 Å². The van der Waals surface area contributed by atoms with Crippen LogP contribution >= 0.6 is 0 Å². The second-order valence-electron chi connectivity index (χ2n) is 4.10. The molecule has 3 atom stereocenters. The van der Waals surface area contributed by atoms with Crippen molar-refractivity contribution < 1.29 is 8.60 Å². The van der Waals surface area contributed by atoms with Crippen molar-refractivity contribution in [2.45, 2.75) is 17.7 Å². The zero-order valence-corrected chi connectivity index (χ0v) is 9.02. The molecule has 0 radical (unpaired) electrons. The lowest BCUT2D eigenvalue weighted by Gasteiger charge is -2.26. The van der Waals surface area contributed by atoms with Crippen molar-refractivity contribution in [3.8, 4) is 0 Å². The van der Waals surface area contributed by atoms with Gasteiger partial charge >= 0.3 is 0 Å². The van der Waals surface area contributed by atoms with Crippen LogP contribution < -0.4 is 5.32 Å². The van der Waals surface area contributed by atoms with E-state index < -0.39 is 10.8 Å². The van der Waals surface area contributed by atoms with Crippen LogP contribution in [0.25, 0.3) is 0 Å². The van der Waals surface area contributed by atoms with Crippen LogP contribution in [0.5, 0.6) is 0 Å². The first-order valence-electron chi connectivity index (χ1n) is 5.14. The van der Waals surface area contributed by atoms with Crippen LogP contribution in [-0.2, 0) is 17.2 Å². The minimum Gasteiger partial charge on any atom is -0.308 e.